The molecule has 110 valence electrons. The second kappa shape index (κ2) is 6.70. The van der Waals surface area contributed by atoms with E-state index in [0.29, 0.717) is 11.7 Å². The van der Waals surface area contributed by atoms with E-state index < -0.39 is 11.8 Å². The van der Waals surface area contributed by atoms with Gasteiger partial charge in [-0.1, -0.05) is 6.42 Å². The van der Waals surface area contributed by atoms with E-state index in [0.717, 1.165) is 19.6 Å². The zero-order valence-corrected chi connectivity index (χ0v) is 11.7. The van der Waals surface area contributed by atoms with Crippen LogP contribution in [0, 0.1) is 5.82 Å². The summed E-state index contributed by atoms with van der Waals surface area (Å²) in [5.41, 5.74) is 0.330. The molecule has 1 unspecified atom stereocenters. The molecule has 1 fully saturated rings. The summed E-state index contributed by atoms with van der Waals surface area (Å²) in [5, 5.41) is 12.0. The first-order valence-electron chi connectivity index (χ1n) is 7.08. The number of nitrogens with zero attached hydrogens (tertiary/aromatic N) is 1. The van der Waals surface area contributed by atoms with Gasteiger partial charge in [-0.2, -0.15) is 0 Å². The third-order valence-electron chi connectivity index (χ3n) is 3.82. The SMILES string of the molecule is CC(CNc1ccc(C(=O)O)c(F)c1)N1CCCCC1. The molecule has 0 aromatic heterocycles. The third-order valence-corrected chi connectivity index (χ3v) is 3.82. The number of nitrogens with one attached hydrogen (secondary N) is 1. The number of carbonyl (C=O) groups is 1. The van der Waals surface area contributed by atoms with E-state index >= 15 is 0 Å². The second-order valence-electron chi connectivity index (χ2n) is 5.33. The summed E-state index contributed by atoms with van der Waals surface area (Å²) in [5.74, 6) is -1.94. The van der Waals surface area contributed by atoms with Gasteiger partial charge in [0, 0.05) is 18.3 Å². The van der Waals surface area contributed by atoms with Gasteiger partial charge in [-0.15, -0.1) is 0 Å². The maximum absolute atomic E-state index is 13.5. The number of carboxylic acid groups (broad SMARTS) is 1. The van der Waals surface area contributed by atoms with E-state index in [1.54, 1.807) is 6.07 Å². The zero-order chi connectivity index (χ0) is 14.5. The number of likely N-dealkylation sites (tertiary alicyclic amines) is 1. The Balaban J connectivity index is 1.90. The number of anilines is 1. The van der Waals surface area contributed by atoms with Gasteiger partial charge in [0.2, 0.25) is 0 Å². The molecule has 5 heteroatoms. The molecule has 4 nitrogen and oxygen atoms in total. The molecule has 1 saturated heterocycles. The topological polar surface area (TPSA) is 52.6 Å². The highest BCUT2D eigenvalue weighted by molar-refractivity contribution is 5.88. The molecule has 1 heterocycles. The Labute approximate surface area is 118 Å². The number of benzene rings is 1. The molecule has 0 saturated carbocycles. The number of carboxylic acids is 1. The monoisotopic (exact) mass is 280 g/mol. The van der Waals surface area contributed by atoms with E-state index in [9.17, 15) is 9.18 Å². The highest BCUT2D eigenvalue weighted by Gasteiger charge is 2.16. The predicted molar refractivity (Wildman–Crippen MR) is 76.7 cm³/mol. The number of rotatable bonds is 5. The molecule has 1 aromatic rings. The quantitative estimate of drug-likeness (QED) is 0.871. The van der Waals surface area contributed by atoms with Gasteiger partial charge in [-0.3, -0.25) is 4.90 Å². The van der Waals surface area contributed by atoms with Crippen molar-refractivity contribution in [2.24, 2.45) is 0 Å². The lowest BCUT2D eigenvalue weighted by atomic mass is 10.1. The molecule has 0 spiro atoms. The van der Waals surface area contributed by atoms with Crippen LogP contribution in [0.1, 0.15) is 36.5 Å². The minimum absolute atomic E-state index is 0.292. The number of hydrogen-bond acceptors (Lipinski definition) is 3. The van der Waals surface area contributed by atoms with Crippen LogP contribution in [-0.4, -0.2) is 41.7 Å². The molecular formula is C15H21FN2O2. The van der Waals surface area contributed by atoms with Crippen molar-refractivity contribution >= 4 is 11.7 Å². The normalized spacial score (nSPS) is 17.7. The van der Waals surface area contributed by atoms with E-state index in [1.807, 2.05) is 0 Å². The lowest BCUT2D eigenvalue weighted by Crippen LogP contribution is -2.41. The van der Waals surface area contributed by atoms with Crippen molar-refractivity contribution in [2.75, 3.05) is 25.0 Å². The van der Waals surface area contributed by atoms with Crippen LogP contribution in [0.3, 0.4) is 0 Å². The third kappa shape index (κ3) is 3.70. The summed E-state index contributed by atoms with van der Waals surface area (Å²) in [6, 6.07) is 4.53. The van der Waals surface area contributed by atoms with Crippen molar-refractivity contribution < 1.29 is 14.3 Å². The van der Waals surface area contributed by atoms with Crippen LogP contribution in [0.25, 0.3) is 0 Å². The minimum atomic E-state index is -1.24. The average Bonchev–Trinajstić information content (AvgIpc) is 2.45. The number of halogens is 1. The lowest BCUT2D eigenvalue weighted by Gasteiger charge is -2.32. The summed E-state index contributed by atoms with van der Waals surface area (Å²) in [6.45, 7) is 5.12. The molecule has 2 rings (SSSR count). The largest absolute Gasteiger partial charge is 0.478 e. The Morgan fingerprint density at radius 3 is 2.70 bits per heavy atom. The van der Waals surface area contributed by atoms with Gasteiger partial charge in [-0.25, -0.2) is 9.18 Å². The Hall–Kier alpha value is -1.62. The molecule has 1 aliphatic heterocycles. The van der Waals surface area contributed by atoms with Crippen LogP contribution >= 0.6 is 0 Å². The zero-order valence-electron chi connectivity index (χ0n) is 11.7. The molecule has 0 amide bonds. The summed E-state index contributed by atoms with van der Waals surface area (Å²) < 4.78 is 13.5. The molecule has 2 N–H and O–H groups in total. The molecule has 1 aromatic carbocycles. The van der Waals surface area contributed by atoms with E-state index in [1.165, 1.54) is 31.4 Å². The molecule has 0 bridgehead atoms. The number of aromatic carboxylic acids is 1. The Kier molecular flexibility index (Phi) is 4.95. The molecule has 1 aliphatic rings. The molecular weight excluding hydrogens is 259 g/mol. The van der Waals surface area contributed by atoms with Gasteiger partial charge in [0.05, 0.1) is 5.56 Å². The van der Waals surface area contributed by atoms with E-state index in [-0.39, 0.29) is 5.56 Å². The highest BCUT2D eigenvalue weighted by Crippen LogP contribution is 2.16. The fourth-order valence-electron chi connectivity index (χ4n) is 2.55. The summed E-state index contributed by atoms with van der Waals surface area (Å²) in [7, 11) is 0. The number of hydrogen-bond donors (Lipinski definition) is 2. The first-order chi connectivity index (χ1) is 9.58. The summed E-state index contributed by atoms with van der Waals surface area (Å²) in [6.07, 6.45) is 3.79. The first kappa shape index (κ1) is 14.8. The maximum atomic E-state index is 13.5. The summed E-state index contributed by atoms with van der Waals surface area (Å²) >= 11 is 0. The van der Waals surface area contributed by atoms with Crippen LogP contribution in [-0.2, 0) is 0 Å². The van der Waals surface area contributed by atoms with Crippen molar-refractivity contribution in [3.63, 3.8) is 0 Å². The molecule has 1 atom stereocenters. The van der Waals surface area contributed by atoms with Crippen molar-refractivity contribution in [1.82, 2.24) is 4.90 Å². The fraction of sp³-hybridized carbons (Fsp3) is 0.533. The Bertz CT molecular complexity index is 473. The smallest absolute Gasteiger partial charge is 0.338 e. The summed E-state index contributed by atoms with van der Waals surface area (Å²) in [4.78, 5) is 13.2. The van der Waals surface area contributed by atoms with Crippen molar-refractivity contribution in [2.45, 2.75) is 32.2 Å². The highest BCUT2D eigenvalue weighted by atomic mass is 19.1. The van der Waals surface area contributed by atoms with Gasteiger partial charge in [0.15, 0.2) is 0 Å². The van der Waals surface area contributed by atoms with Crippen LogP contribution in [0.4, 0.5) is 10.1 Å². The van der Waals surface area contributed by atoms with E-state index in [2.05, 4.69) is 17.1 Å². The Morgan fingerprint density at radius 2 is 2.10 bits per heavy atom. The second-order valence-corrected chi connectivity index (χ2v) is 5.33. The van der Waals surface area contributed by atoms with Crippen LogP contribution in [0.15, 0.2) is 18.2 Å². The molecule has 0 aliphatic carbocycles. The molecule has 20 heavy (non-hydrogen) atoms. The first-order valence-corrected chi connectivity index (χ1v) is 7.08. The van der Waals surface area contributed by atoms with Crippen LogP contribution < -0.4 is 5.32 Å². The maximum Gasteiger partial charge on any atom is 0.338 e. The average molecular weight is 280 g/mol. The number of piperidine rings is 1. The van der Waals surface area contributed by atoms with Crippen LogP contribution in [0.2, 0.25) is 0 Å². The van der Waals surface area contributed by atoms with Gasteiger partial charge in [0.25, 0.3) is 0 Å². The lowest BCUT2D eigenvalue weighted by molar-refractivity contribution is 0.0692. The van der Waals surface area contributed by atoms with E-state index in [4.69, 9.17) is 5.11 Å². The minimum Gasteiger partial charge on any atom is -0.478 e. The van der Waals surface area contributed by atoms with Gasteiger partial charge in [-0.05, 0) is 51.1 Å². The fourth-order valence-corrected chi connectivity index (χ4v) is 2.55. The van der Waals surface area contributed by atoms with Crippen molar-refractivity contribution in [1.29, 1.82) is 0 Å². The molecule has 0 radical (unpaired) electrons. The standard InChI is InChI=1S/C15H21FN2O2/c1-11(18-7-3-2-4-8-18)10-17-12-5-6-13(15(19)20)14(16)9-12/h5-6,9,11,17H,2-4,7-8,10H2,1H3,(H,19,20). The predicted octanol–water partition coefficient (Wildman–Crippen LogP) is 2.81. The van der Waals surface area contributed by atoms with Gasteiger partial charge >= 0.3 is 5.97 Å². The Morgan fingerprint density at radius 1 is 1.40 bits per heavy atom. The van der Waals surface area contributed by atoms with Gasteiger partial charge in [0.1, 0.15) is 5.82 Å². The van der Waals surface area contributed by atoms with Crippen molar-refractivity contribution in [3.05, 3.63) is 29.6 Å². The van der Waals surface area contributed by atoms with Crippen molar-refractivity contribution in [3.8, 4) is 0 Å². The van der Waals surface area contributed by atoms with Gasteiger partial charge < -0.3 is 10.4 Å². The van der Waals surface area contributed by atoms with Crippen LogP contribution in [0.5, 0.6) is 0 Å².